The van der Waals surface area contributed by atoms with Gasteiger partial charge in [-0.05, 0) is 24.7 Å². The van der Waals surface area contributed by atoms with Gasteiger partial charge in [-0.1, -0.05) is 27.2 Å². The molecule has 1 aliphatic rings. The molecule has 2 N–H and O–H groups in total. The lowest BCUT2D eigenvalue weighted by molar-refractivity contribution is 0.397. The predicted molar refractivity (Wildman–Crippen MR) is 57.9 cm³/mol. The van der Waals surface area contributed by atoms with Crippen LogP contribution in [-0.2, 0) is 0 Å². The highest BCUT2D eigenvalue weighted by Gasteiger charge is 2.20. The van der Waals surface area contributed by atoms with Crippen LogP contribution in [0.1, 0.15) is 46.5 Å². The number of amidine groups is 1. The van der Waals surface area contributed by atoms with Gasteiger partial charge in [-0.3, -0.25) is 4.99 Å². The third-order valence-electron chi connectivity index (χ3n) is 3.15. The third kappa shape index (κ3) is 3.02. The van der Waals surface area contributed by atoms with Crippen molar-refractivity contribution >= 4 is 5.84 Å². The van der Waals surface area contributed by atoms with Crippen LogP contribution in [0.5, 0.6) is 0 Å². The van der Waals surface area contributed by atoms with E-state index < -0.39 is 0 Å². The summed E-state index contributed by atoms with van der Waals surface area (Å²) in [6.07, 6.45) is 4.69. The van der Waals surface area contributed by atoms with Crippen molar-refractivity contribution < 1.29 is 0 Å². The summed E-state index contributed by atoms with van der Waals surface area (Å²) < 4.78 is 0. The minimum absolute atomic E-state index is 0.481. The van der Waals surface area contributed by atoms with Gasteiger partial charge in [0, 0.05) is 6.42 Å². The molecule has 0 radical (unpaired) electrons. The highest BCUT2D eigenvalue weighted by Crippen LogP contribution is 2.24. The Kier molecular flexibility index (Phi) is 3.76. The number of aliphatic imine (C=N–C) groups is 1. The second kappa shape index (κ2) is 4.64. The van der Waals surface area contributed by atoms with Gasteiger partial charge in [0.15, 0.2) is 0 Å². The molecule has 2 nitrogen and oxygen atoms in total. The van der Waals surface area contributed by atoms with Crippen LogP contribution in [0.2, 0.25) is 0 Å². The summed E-state index contributed by atoms with van der Waals surface area (Å²) in [4.78, 5) is 4.59. The van der Waals surface area contributed by atoms with Crippen molar-refractivity contribution in [1.82, 2.24) is 0 Å². The quantitative estimate of drug-likeness (QED) is 0.700. The lowest BCUT2D eigenvalue weighted by Crippen LogP contribution is -2.19. The first-order valence-corrected chi connectivity index (χ1v) is 5.45. The van der Waals surface area contributed by atoms with Gasteiger partial charge in [-0.15, -0.1) is 0 Å². The average molecular weight is 182 g/mol. The third-order valence-corrected chi connectivity index (χ3v) is 3.15. The van der Waals surface area contributed by atoms with E-state index in [1.54, 1.807) is 0 Å². The van der Waals surface area contributed by atoms with Crippen LogP contribution in [0.15, 0.2) is 4.99 Å². The zero-order chi connectivity index (χ0) is 9.84. The fraction of sp³-hybridized carbons (Fsp3) is 0.909. The molecule has 0 aromatic carbocycles. The molecule has 1 aliphatic heterocycles. The summed E-state index contributed by atoms with van der Waals surface area (Å²) in [6.45, 7) is 6.77. The summed E-state index contributed by atoms with van der Waals surface area (Å²) in [5.41, 5.74) is 5.86. The molecule has 0 amide bonds. The lowest BCUT2D eigenvalue weighted by Gasteiger charge is -2.17. The van der Waals surface area contributed by atoms with Crippen molar-refractivity contribution in [1.29, 1.82) is 0 Å². The molecule has 0 aromatic rings. The molecular weight excluding hydrogens is 160 g/mol. The number of rotatable bonds is 2. The molecule has 0 saturated heterocycles. The Morgan fingerprint density at radius 3 is 2.85 bits per heavy atom. The molecule has 0 spiro atoms. The summed E-state index contributed by atoms with van der Waals surface area (Å²) in [6, 6.07) is 0.481. The highest BCUT2D eigenvalue weighted by molar-refractivity contribution is 5.80. The van der Waals surface area contributed by atoms with E-state index in [2.05, 4.69) is 25.8 Å². The second-order valence-electron chi connectivity index (χ2n) is 4.46. The van der Waals surface area contributed by atoms with Crippen molar-refractivity contribution in [3.63, 3.8) is 0 Å². The van der Waals surface area contributed by atoms with Crippen molar-refractivity contribution in [2.45, 2.75) is 52.5 Å². The van der Waals surface area contributed by atoms with Gasteiger partial charge < -0.3 is 5.73 Å². The molecule has 2 unspecified atom stereocenters. The van der Waals surface area contributed by atoms with E-state index in [-0.39, 0.29) is 0 Å². The fourth-order valence-corrected chi connectivity index (χ4v) is 1.93. The maximum absolute atomic E-state index is 5.86. The standard InChI is InChI=1S/C11H22N2/c1-4-9(3)10-6-5-8(2)7-11(12)13-10/h8-10H,4-7H2,1-3H3,(H2,12,13)/t8?,9?,10-/m0/s1. The zero-order valence-corrected chi connectivity index (χ0v) is 9.09. The number of nitrogens with two attached hydrogens (primary N) is 1. The van der Waals surface area contributed by atoms with Gasteiger partial charge in [0.25, 0.3) is 0 Å². The Labute approximate surface area is 81.6 Å². The molecule has 0 aliphatic carbocycles. The molecule has 76 valence electrons. The van der Waals surface area contributed by atoms with E-state index in [0.717, 1.165) is 18.2 Å². The van der Waals surface area contributed by atoms with Gasteiger partial charge in [0.2, 0.25) is 0 Å². The predicted octanol–water partition coefficient (Wildman–Crippen LogP) is 2.58. The largest absolute Gasteiger partial charge is 0.387 e. The molecular formula is C11H22N2. The Morgan fingerprint density at radius 1 is 1.54 bits per heavy atom. The summed E-state index contributed by atoms with van der Waals surface area (Å²) in [7, 11) is 0. The van der Waals surface area contributed by atoms with Crippen molar-refractivity contribution in [3.8, 4) is 0 Å². The van der Waals surface area contributed by atoms with Gasteiger partial charge in [-0.25, -0.2) is 0 Å². The Hall–Kier alpha value is -0.530. The number of nitrogens with zero attached hydrogens (tertiary/aromatic N) is 1. The van der Waals surface area contributed by atoms with Crippen LogP contribution < -0.4 is 5.73 Å². The van der Waals surface area contributed by atoms with Crippen LogP contribution in [0.3, 0.4) is 0 Å². The first-order valence-electron chi connectivity index (χ1n) is 5.45. The van der Waals surface area contributed by atoms with Crippen LogP contribution in [0.4, 0.5) is 0 Å². The van der Waals surface area contributed by atoms with Gasteiger partial charge in [0.1, 0.15) is 0 Å². The monoisotopic (exact) mass is 182 g/mol. The minimum atomic E-state index is 0.481. The smallest absolute Gasteiger partial charge is 0.0943 e. The molecule has 0 fully saturated rings. The average Bonchev–Trinajstić information content (AvgIpc) is 2.25. The van der Waals surface area contributed by atoms with Crippen molar-refractivity contribution in [2.75, 3.05) is 0 Å². The van der Waals surface area contributed by atoms with Crippen molar-refractivity contribution in [2.24, 2.45) is 22.6 Å². The van der Waals surface area contributed by atoms with E-state index in [1.807, 2.05) is 0 Å². The molecule has 2 heteroatoms. The van der Waals surface area contributed by atoms with E-state index in [9.17, 15) is 0 Å². The Balaban J connectivity index is 2.61. The molecule has 1 rings (SSSR count). The summed E-state index contributed by atoms with van der Waals surface area (Å²) in [5, 5.41) is 0. The van der Waals surface area contributed by atoms with Gasteiger partial charge in [-0.2, -0.15) is 0 Å². The maximum atomic E-state index is 5.86. The molecule has 0 aromatic heterocycles. The number of hydrogen-bond donors (Lipinski definition) is 1. The van der Waals surface area contributed by atoms with E-state index in [0.29, 0.717) is 12.0 Å². The van der Waals surface area contributed by atoms with Crippen LogP contribution in [0.25, 0.3) is 0 Å². The molecule has 1 heterocycles. The molecule has 13 heavy (non-hydrogen) atoms. The van der Waals surface area contributed by atoms with Crippen LogP contribution in [0, 0.1) is 11.8 Å². The normalized spacial score (nSPS) is 32.1. The maximum Gasteiger partial charge on any atom is 0.0943 e. The van der Waals surface area contributed by atoms with E-state index in [1.165, 1.54) is 19.3 Å². The molecule has 0 saturated carbocycles. The van der Waals surface area contributed by atoms with E-state index in [4.69, 9.17) is 5.73 Å². The summed E-state index contributed by atoms with van der Waals surface area (Å²) >= 11 is 0. The first kappa shape index (κ1) is 10.6. The SMILES string of the molecule is CCC(C)[C@@H]1CCC(C)CC(N)=N1. The Morgan fingerprint density at radius 2 is 2.23 bits per heavy atom. The fourth-order valence-electron chi connectivity index (χ4n) is 1.93. The topological polar surface area (TPSA) is 38.4 Å². The number of hydrogen-bond acceptors (Lipinski definition) is 2. The van der Waals surface area contributed by atoms with Gasteiger partial charge >= 0.3 is 0 Å². The molecule has 0 bridgehead atoms. The van der Waals surface area contributed by atoms with E-state index >= 15 is 0 Å². The Bertz CT molecular complexity index is 187. The summed E-state index contributed by atoms with van der Waals surface area (Å²) in [5.74, 6) is 2.27. The van der Waals surface area contributed by atoms with Crippen molar-refractivity contribution in [3.05, 3.63) is 0 Å². The highest BCUT2D eigenvalue weighted by atomic mass is 14.9. The lowest BCUT2D eigenvalue weighted by atomic mass is 9.93. The van der Waals surface area contributed by atoms with Crippen LogP contribution >= 0.6 is 0 Å². The van der Waals surface area contributed by atoms with Crippen LogP contribution in [-0.4, -0.2) is 11.9 Å². The second-order valence-corrected chi connectivity index (χ2v) is 4.46. The minimum Gasteiger partial charge on any atom is -0.387 e. The molecule has 3 atom stereocenters. The first-order chi connectivity index (χ1) is 6.13. The van der Waals surface area contributed by atoms with Gasteiger partial charge in [0.05, 0.1) is 11.9 Å². The zero-order valence-electron chi connectivity index (χ0n) is 9.09.